The molecule has 0 spiro atoms. The molecule has 1 aromatic rings. The first-order valence-electron chi connectivity index (χ1n) is 4.98. The predicted molar refractivity (Wildman–Crippen MR) is 58.9 cm³/mol. The van der Waals surface area contributed by atoms with E-state index in [1.54, 1.807) is 0 Å². The Labute approximate surface area is 90.0 Å². The summed E-state index contributed by atoms with van der Waals surface area (Å²) in [7, 11) is 1.39. The van der Waals surface area contributed by atoms with Crippen LogP contribution in [0.1, 0.15) is 28.7 Å². The maximum atomic E-state index is 11.4. The third kappa shape index (κ3) is 2.39. The molecule has 84 valence electrons. The van der Waals surface area contributed by atoms with Crippen LogP contribution in [-0.4, -0.2) is 23.7 Å². The van der Waals surface area contributed by atoms with E-state index in [1.165, 1.54) is 7.11 Å². The molecule has 0 saturated carbocycles. The van der Waals surface area contributed by atoms with Crippen LogP contribution in [0, 0.1) is 13.8 Å². The fourth-order valence-corrected chi connectivity index (χ4v) is 1.69. The van der Waals surface area contributed by atoms with Crippen molar-refractivity contribution in [2.45, 2.75) is 33.4 Å². The quantitative estimate of drug-likeness (QED) is 0.764. The van der Waals surface area contributed by atoms with E-state index in [4.69, 9.17) is 10.5 Å². The molecule has 0 radical (unpaired) electrons. The summed E-state index contributed by atoms with van der Waals surface area (Å²) in [5, 5.41) is 0. The van der Waals surface area contributed by atoms with Gasteiger partial charge in [0.15, 0.2) is 0 Å². The monoisotopic (exact) mass is 210 g/mol. The second-order valence-corrected chi connectivity index (χ2v) is 3.86. The third-order valence-electron chi connectivity index (χ3n) is 2.45. The van der Waals surface area contributed by atoms with Gasteiger partial charge in [0.1, 0.15) is 0 Å². The Morgan fingerprint density at radius 3 is 2.67 bits per heavy atom. The molecule has 1 heterocycles. The van der Waals surface area contributed by atoms with Gasteiger partial charge in [-0.1, -0.05) is 0 Å². The molecule has 0 fully saturated rings. The number of esters is 1. The standard InChI is InChI=1S/C11H18N2O2/c1-7(12)6-13-8(2)5-10(9(13)3)11(14)15-4/h5,7H,6,12H2,1-4H3. The van der Waals surface area contributed by atoms with Crippen molar-refractivity contribution in [3.8, 4) is 0 Å². The van der Waals surface area contributed by atoms with Crippen LogP contribution >= 0.6 is 0 Å². The Bertz CT molecular complexity index is 367. The van der Waals surface area contributed by atoms with Crippen LogP contribution in [0.2, 0.25) is 0 Å². The Hall–Kier alpha value is -1.29. The summed E-state index contributed by atoms with van der Waals surface area (Å²) in [5.74, 6) is -0.293. The van der Waals surface area contributed by atoms with Gasteiger partial charge in [-0.05, 0) is 26.8 Å². The number of aryl methyl sites for hydroxylation is 1. The summed E-state index contributed by atoms with van der Waals surface area (Å²) in [5.41, 5.74) is 8.31. The van der Waals surface area contributed by atoms with Crippen molar-refractivity contribution >= 4 is 5.97 Å². The van der Waals surface area contributed by atoms with Gasteiger partial charge >= 0.3 is 5.97 Å². The number of nitrogens with two attached hydrogens (primary N) is 1. The first-order valence-corrected chi connectivity index (χ1v) is 4.98. The molecular weight excluding hydrogens is 192 g/mol. The number of carbonyl (C=O) groups is 1. The summed E-state index contributed by atoms with van der Waals surface area (Å²) >= 11 is 0. The lowest BCUT2D eigenvalue weighted by molar-refractivity contribution is 0.0599. The number of ether oxygens (including phenoxy) is 1. The van der Waals surface area contributed by atoms with Crippen LogP contribution in [0.3, 0.4) is 0 Å². The lowest BCUT2D eigenvalue weighted by Gasteiger charge is -2.12. The third-order valence-corrected chi connectivity index (χ3v) is 2.45. The Kier molecular flexibility index (Phi) is 3.52. The van der Waals surface area contributed by atoms with Crippen LogP contribution in [0.15, 0.2) is 6.07 Å². The maximum absolute atomic E-state index is 11.4. The van der Waals surface area contributed by atoms with E-state index in [2.05, 4.69) is 0 Å². The molecule has 4 heteroatoms. The van der Waals surface area contributed by atoms with Gasteiger partial charge in [0.25, 0.3) is 0 Å². The van der Waals surface area contributed by atoms with Crippen LogP contribution in [-0.2, 0) is 11.3 Å². The fraction of sp³-hybridized carbons (Fsp3) is 0.545. The number of methoxy groups -OCH3 is 1. The van der Waals surface area contributed by atoms with Crippen LogP contribution in [0.4, 0.5) is 0 Å². The summed E-state index contributed by atoms with van der Waals surface area (Å²) in [6.45, 7) is 6.52. The SMILES string of the molecule is COC(=O)c1cc(C)n(CC(C)N)c1C. The Morgan fingerprint density at radius 2 is 2.20 bits per heavy atom. The van der Waals surface area contributed by atoms with E-state index < -0.39 is 0 Å². The van der Waals surface area contributed by atoms with Crippen molar-refractivity contribution in [3.05, 3.63) is 23.0 Å². The normalized spacial score (nSPS) is 12.6. The van der Waals surface area contributed by atoms with Gasteiger partial charge in [-0.3, -0.25) is 0 Å². The lowest BCUT2D eigenvalue weighted by atomic mass is 10.2. The van der Waals surface area contributed by atoms with Gasteiger partial charge in [-0.15, -0.1) is 0 Å². The molecule has 0 bridgehead atoms. The molecule has 1 rings (SSSR count). The van der Waals surface area contributed by atoms with Crippen molar-refractivity contribution in [3.63, 3.8) is 0 Å². The van der Waals surface area contributed by atoms with E-state index in [9.17, 15) is 4.79 Å². The summed E-state index contributed by atoms with van der Waals surface area (Å²) in [6.07, 6.45) is 0. The van der Waals surface area contributed by atoms with Crippen molar-refractivity contribution in [2.24, 2.45) is 5.73 Å². The molecule has 0 aromatic carbocycles. The zero-order chi connectivity index (χ0) is 11.6. The van der Waals surface area contributed by atoms with Gasteiger partial charge in [0, 0.05) is 24.0 Å². The second-order valence-electron chi connectivity index (χ2n) is 3.86. The molecule has 1 aromatic heterocycles. The largest absolute Gasteiger partial charge is 0.465 e. The van der Waals surface area contributed by atoms with Crippen molar-refractivity contribution < 1.29 is 9.53 Å². The van der Waals surface area contributed by atoms with E-state index in [1.807, 2.05) is 31.4 Å². The smallest absolute Gasteiger partial charge is 0.339 e. The zero-order valence-electron chi connectivity index (χ0n) is 9.70. The van der Waals surface area contributed by atoms with Crippen LogP contribution < -0.4 is 5.73 Å². The number of carbonyl (C=O) groups excluding carboxylic acids is 1. The highest BCUT2D eigenvalue weighted by atomic mass is 16.5. The Balaban J connectivity index is 3.08. The van der Waals surface area contributed by atoms with Gasteiger partial charge in [0.2, 0.25) is 0 Å². The highest BCUT2D eigenvalue weighted by molar-refractivity contribution is 5.91. The first-order chi connectivity index (χ1) is 6.97. The molecule has 0 aliphatic carbocycles. The molecule has 0 saturated heterocycles. The molecule has 2 N–H and O–H groups in total. The van der Waals surface area contributed by atoms with Gasteiger partial charge in [-0.25, -0.2) is 4.79 Å². The minimum absolute atomic E-state index is 0.0697. The molecular formula is C11H18N2O2. The van der Waals surface area contributed by atoms with E-state index in [-0.39, 0.29) is 12.0 Å². The lowest BCUT2D eigenvalue weighted by Crippen LogP contribution is -2.23. The van der Waals surface area contributed by atoms with Crippen molar-refractivity contribution in [2.75, 3.05) is 7.11 Å². The van der Waals surface area contributed by atoms with E-state index in [0.717, 1.165) is 11.4 Å². The zero-order valence-corrected chi connectivity index (χ0v) is 9.70. The summed E-state index contributed by atoms with van der Waals surface area (Å²) < 4.78 is 6.75. The molecule has 1 unspecified atom stereocenters. The number of nitrogens with zero attached hydrogens (tertiary/aromatic N) is 1. The topological polar surface area (TPSA) is 57.2 Å². The summed E-state index contributed by atoms with van der Waals surface area (Å²) in [4.78, 5) is 11.4. The minimum atomic E-state index is -0.293. The fourth-order valence-electron chi connectivity index (χ4n) is 1.69. The predicted octanol–water partition coefficient (Wildman–Crippen LogP) is 1.24. The molecule has 4 nitrogen and oxygen atoms in total. The second kappa shape index (κ2) is 4.49. The highest BCUT2D eigenvalue weighted by Gasteiger charge is 2.16. The Morgan fingerprint density at radius 1 is 1.60 bits per heavy atom. The molecule has 15 heavy (non-hydrogen) atoms. The van der Waals surface area contributed by atoms with Gasteiger partial charge < -0.3 is 15.0 Å². The maximum Gasteiger partial charge on any atom is 0.339 e. The number of aromatic nitrogens is 1. The average molecular weight is 210 g/mol. The van der Waals surface area contributed by atoms with E-state index in [0.29, 0.717) is 12.1 Å². The highest BCUT2D eigenvalue weighted by Crippen LogP contribution is 2.16. The summed E-state index contributed by atoms with van der Waals surface area (Å²) in [6, 6.07) is 1.91. The average Bonchev–Trinajstić information content (AvgIpc) is 2.44. The van der Waals surface area contributed by atoms with Crippen molar-refractivity contribution in [1.29, 1.82) is 0 Å². The van der Waals surface area contributed by atoms with Crippen LogP contribution in [0.5, 0.6) is 0 Å². The molecule has 0 amide bonds. The molecule has 0 aliphatic heterocycles. The molecule has 1 atom stereocenters. The number of hydrogen-bond acceptors (Lipinski definition) is 3. The van der Waals surface area contributed by atoms with Crippen molar-refractivity contribution in [1.82, 2.24) is 4.57 Å². The minimum Gasteiger partial charge on any atom is -0.465 e. The van der Waals surface area contributed by atoms with Gasteiger partial charge in [0.05, 0.1) is 12.7 Å². The number of hydrogen-bond donors (Lipinski definition) is 1. The van der Waals surface area contributed by atoms with Gasteiger partial charge in [-0.2, -0.15) is 0 Å². The number of rotatable bonds is 3. The van der Waals surface area contributed by atoms with Crippen LogP contribution in [0.25, 0.3) is 0 Å². The molecule has 0 aliphatic rings. The first kappa shape index (κ1) is 11.8. The van der Waals surface area contributed by atoms with E-state index >= 15 is 0 Å².